The van der Waals surface area contributed by atoms with Crippen LogP contribution in [0, 0.1) is 22.7 Å². The molecule has 1 fully saturated rings. The fraction of sp³-hybridized carbons (Fsp3) is 0.531. The van der Waals surface area contributed by atoms with Gasteiger partial charge in [0.05, 0.1) is 19.6 Å². The molecule has 1 saturated carbocycles. The maximum Gasteiger partial charge on any atom is 0.334 e. The third kappa shape index (κ3) is 5.06. The lowest BCUT2D eigenvalue weighted by Gasteiger charge is -2.52. The molecule has 10 heteroatoms. The van der Waals surface area contributed by atoms with Crippen molar-refractivity contribution in [3.05, 3.63) is 59.1 Å². The van der Waals surface area contributed by atoms with Gasteiger partial charge in [-0.05, 0) is 43.2 Å². The highest BCUT2D eigenvalue weighted by Crippen LogP contribution is 2.58. The zero-order chi connectivity index (χ0) is 31.2. The van der Waals surface area contributed by atoms with Crippen LogP contribution in [-0.2, 0) is 38.2 Å². The Hall–Kier alpha value is -3.79. The summed E-state index contributed by atoms with van der Waals surface area (Å²) in [6.45, 7) is 10.2. The first-order valence-corrected chi connectivity index (χ1v) is 14.0. The largest absolute Gasteiger partial charge is 0.472 e. The Kier molecular flexibility index (Phi) is 8.25. The molecule has 0 amide bonds. The predicted octanol–water partition coefficient (Wildman–Crippen LogP) is 4.13. The average Bonchev–Trinajstić information content (AvgIpc) is 3.49. The number of fused-ring (bicyclic) bond motifs is 1. The minimum atomic E-state index is -2.56. The number of furan rings is 1. The molecular weight excluding hydrogens is 544 g/mol. The number of Topliss-reactive ketones (excluding diaryl/α,β-unsaturated/α-hetero) is 2. The van der Waals surface area contributed by atoms with Crippen molar-refractivity contribution < 1.29 is 47.7 Å². The van der Waals surface area contributed by atoms with E-state index in [0.717, 1.165) is 6.08 Å². The van der Waals surface area contributed by atoms with Gasteiger partial charge < -0.3 is 23.7 Å². The molecule has 0 aromatic carbocycles. The van der Waals surface area contributed by atoms with Crippen molar-refractivity contribution in [2.75, 3.05) is 7.11 Å². The molecule has 4 rings (SSSR count). The van der Waals surface area contributed by atoms with Gasteiger partial charge in [0.15, 0.2) is 23.3 Å². The number of methoxy groups -OCH3 is 1. The molecule has 2 aliphatic carbocycles. The molecule has 2 heterocycles. The quantitative estimate of drug-likeness (QED) is 0.283. The van der Waals surface area contributed by atoms with E-state index in [9.17, 15) is 29.1 Å². The summed E-state index contributed by atoms with van der Waals surface area (Å²) in [6, 6.07) is 1.63. The monoisotopic (exact) mass is 582 g/mol. The van der Waals surface area contributed by atoms with Crippen LogP contribution in [0.5, 0.6) is 0 Å². The lowest BCUT2D eigenvalue weighted by atomic mass is 9.56. The Morgan fingerprint density at radius 1 is 1.21 bits per heavy atom. The number of carbonyl (C=O) groups is 5. The van der Waals surface area contributed by atoms with Crippen LogP contribution in [0.4, 0.5) is 0 Å². The maximum atomic E-state index is 14.0. The molecular formula is C32H38O10. The molecule has 0 bridgehead atoms. The van der Waals surface area contributed by atoms with Crippen LogP contribution < -0.4 is 0 Å². The molecule has 10 nitrogen and oxygen atoms in total. The maximum absolute atomic E-state index is 14.0. The summed E-state index contributed by atoms with van der Waals surface area (Å²) in [5.41, 5.74) is -3.83. The third-order valence-corrected chi connectivity index (χ3v) is 9.28. The van der Waals surface area contributed by atoms with Crippen LogP contribution in [0.15, 0.2) is 58.0 Å². The van der Waals surface area contributed by atoms with E-state index in [2.05, 4.69) is 0 Å². The number of carbonyl (C=O) groups excluding carboxylic acids is 5. The molecule has 3 aliphatic rings. The van der Waals surface area contributed by atoms with Gasteiger partial charge in [-0.15, -0.1) is 0 Å². The van der Waals surface area contributed by atoms with Gasteiger partial charge in [-0.25, -0.2) is 9.59 Å². The Morgan fingerprint density at radius 2 is 1.90 bits per heavy atom. The third-order valence-electron chi connectivity index (χ3n) is 9.28. The summed E-state index contributed by atoms with van der Waals surface area (Å²) in [4.78, 5) is 66.3. The van der Waals surface area contributed by atoms with Gasteiger partial charge in [-0.2, -0.15) is 0 Å². The van der Waals surface area contributed by atoms with E-state index in [1.807, 2.05) is 13.8 Å². The Balaban J connectivity index is 1.93. The highest BCUT2D eigenvalue weighted by Gasteiger charge is 2.64. The van der Waals surface area contributed by atoms with E-state index in [-0.39, 0.29) is 36.0 Å². The minimum Gasteiger partial charge on any atom is -0.472 e. The number of rotatable bonds is 7. The van der Waals surface area contributed by atoms with Crippen molar-refractivity contribution >= 4 is 29.5 Å². The smallest absolute Gasteiger partial charge is 0.334 e. The van der Waals surface area contributed by atoms with Crippen LogP contribution in [0.25, 0.3) is 0 Å². The van der Waals surface area contributed by atoms with Crippen molar-refractivity contribution in [1.29, 1.82) is 0 Å². The summed E-state index contributed by atoms with van der Waals surface area (Å²) in [5, 5.41) is 12.6. The van der Waals surface area contributed by atoms with Gasteiger partial charge >= 0.3 is 17.9 Å². The van der Waals surface area contributed by atoms with Gasteiger partial charge in [0, 0.05) is 47.0 Å². The SMILES string of the molecule is C/C=C(\C)C(=O)O[C@H](C1=CC(C)(C)[C@H](CC(=O)OC)[C@@H](C)C1=O)[C@@]1(O)C(=O)CC[C@]2(C)C1=CC(=O)O[C@H]2c1ccoc1. The van der Waals surface area contributed by atoms with Crippen LogP contribution >= 0.6 is 0 Å². The summed E-state index contributed by atoms with van der Waals surface area (Å²) in [7, 11) is 1.27. The number of esters is 3. The van der Waals surface area contributed by atoms with Crippen molar-refractivity contribution in [1.82, 2.24) is 0 Å². The fourth-order valence-corrected chi connectivity index (χ4v) is 6.64. The first-order valence-electron chi connectivity index (χ1n) is 14.0. The van der Waals surface area contributed by atoms with Gasteiger partial charge in [0.1, 0.15) is 6.10 Å². The molecule has 6 atom stereocenters. The van der Waals surface area contributed by atoms with Crippen molar-refractivity contribution in [3.8, 4) is 0 Å². The number of aliphatic hydroxyl groups is 1. The minimum absolute atomic E-state index is 0.000439. The second-order valence-corrected chi connectivity index (χ2v) is 12.3. The second-order valence-electron chi connectivity index (χ2n) is 12.3. The molecule has 0 saturated heterocycles. The molecule has 0 unspecified atom stereocenters. The normalized spacial score (nSPS) is 31.8. The van der Waals surface area contributed by atoms with Crippen molar-refractivity contribution in [3.63, 3.8) is 0 Å². The van der Waals surface area contributed by atoms with E-state index in [4.69, 9.17) is 18.6 Å². The number of hydrogen-bond donors (Lipinski definition) is 1. The van der Waals surface area contributed by atoms with Gasteiger partial charge in [0.2, 0.25) is 0 Å². The topological polar surface area (TPSA) is 146 Å². The zero-order valence-electron chi connectivity index (χ0n) is 25.0. The predicted molar refractivity (Wildman–Crippen MR) is 148 cm³/mol. The first-order chi connectivity index (χ1) is 19.6. The summed E-state index contributed by atoms with van der Waals surface area (Å²) < 4.78 is 21.7. The molecule has 0 radical (unpaired) electrons. The molecule has 226 valence electrons. The van der Waals surface area contributed by atoms with Crippen molar-refractivity contribution in [2.24, 2.45) is 22.7 Å². The van der Waals surface area contributed by atoms with E-state index < -0.39 is 69.9 Å². The molecule has 0 spiro atoms. The highest BCUT2D eigenvalue weighted by atomic mass is 16.6. The van der Waals surface area contributed by atoms with Crippen LogP contribution in [0.1, 0.15) is 72.5 Å². The van der Waals surface area contributed by atoms with Crippen molar-refractivity contribution in [2.45, 2.75) is 78.6 Å². The molecule has 1 aromatic rings. The Bertz CT molecular complexity index is 1390. The standard InChI is InChI=1S/C32H38O10/c1-8-17(2)29(37)42-28(20-15-30(4,5)21(13-24(34)39-7)18(3)26(20)36)32(38)22-14-25(35)41-27(19-10-12-40-16-19)31(22,6)11-9-23(32)33/h8,10,12,14-16,18,21,27-28,38H,9,11,13H2,1-7H3/b17-8+/t18-,21-,27+,28-,31-,32+/m1/s1. The lowest BCUT2D eigenvalue weighted by Crippen LogP contribution is -2.62. The van der Waals surface area contributed by atoms with E-state index in [1.165, 1.54) is 32.6 Å². The van der Waals surface area contributed by atoms with Gasteiger partial charge in [-0.3, -0.25) is 14.4 Å². The lowest BCUT2D eigenvalue weighted by molar-refractivity contribution is -0.173. The van der Waals surface area contributed by atoms with E-state index in [0.29, 0.717) is 5.56 Å². The Morgan fingerprint density at radius 3 is 2.50 bits per heavy atom. The highest BCUT2D eigenvalue weighted by molar-refractivity contribution is 6.04. The average molecular weight is 583 g/mol. The number of hydrogen-bond acceptors (Lipinski definition) is 10. The van der Waals surface area contributed by atoms with Gasteiger partial charge in [0.25, 0.3) is 0 Å². The van der Waals surface area contributed by atoms with Crippen LogP contribution in [0.2, 0.25) is 0 Å². The number of cyclic esters (lactones) is 1. The number of allylic oxidation sites excluding steroid dienone is 2. The molecule has 1 N–H and O–H groups in total. The summed E-state index contributed by atoms with van der Waals surface area (Å²) >= 11 is 0. The fourth-order valence-electron chi connectivity index (χ4n) is 6.64. The summed E-state index contributed by atoms with van der Waals surface area (Å²) in [6.07, 6.45) is 4.35. The number of ether oxygens (including phenoxy) is 3. The number of ketones is 2. The first kappa shape index (κ1) is 31.2. The molecule has 1 aliphatic heterocycles. The zero-order valence-corrected chi connectivity index (χ0v) is 25.0. The van der Waals surface area contributed by atoms with E-state index >= 15 is 0 Å². The van der Waals surface area contributed by atoms with E-state index in [1.54, 1.807) is 32.9 Å². The molecule has 42 heavy (non-hydrogen) atoms. The Labute approximate surface area is 244 Å². The van der Waals surface area contributed by atoms with Crippen LogP contribution in [0.3, 0.4) is 0 Å². The van der Waals surface area contributed by atoms with Crippen LogP contribution in [-0.4, -0.2) is 53.4 Å². The van der Waals surface area contributed by atoms with Gasteiger partial charge in [-0.1, -0.05) is 39.8 Å². The second kappa shape index (κ2) is 11.1. The summed E-state index contributed by atoms with van der Waals surface area (Å²) in [5.74, 6) is -4.52. The molecule has 1 aromatic heterocycles.